The maximum absolute atomic E-state index is 12.4. The Hall–Kier alpha value is -1.56. The number of aromatic carboxylic acids is 1. The van der Waals surface area contributed by atoms with Crippen LogP contribution in [0, 0.1) is 0 Å². The molecule has 2 heterocycles. The molecule has 1 aliphatic heterocycles. The zero-order valence-electron chi connectivity index (χ0n) is 10.7. The van der Waals surface area contributed by atoms with E-state index in [-0.39, 0.29) is 17.6 Å². The van der Waals surface area contributed by atoms with Crippen LogP contribution in [0.2, 0.25) is 0 Å². The lowest BCUT2D eigenvalue weighted by molar-refractivity contribution is 0.0690. The Labute approximate surface area is 116 Å². The van der Waals surface area contributed by atoms with Crippen molar-refractivity contribution in [2.45, 2.75) is 19.4 Å². The van der Waals surface area contributed by atoms with E-state index >= 15 is 0 Å². The molecule has 1 fully saturated rings. The Morgan fingerprint density at radius 2 is 2.26 bits per heavy atom. The molecular formula is C13H16N2O3S. The van der Waals surface area contributed by atoms with Crippen molar-refractivity contribution >= 4 is 23.6 Å². The van der Waals surface area contributed by atoms with Crippen molar-refractivity contribution in [3.05, 3.63) is 29.6 Å². The molecule has 1 amide bonds. The van der Waals surface area contributed by atoms with E-state index in [0.29, 0.717) is 12.1 Å². The topological polar surface area (TPSA) is 70.5 Å². The zero-order valence-corrected chi connectivity index (χ0v) is 11.5. The predicted molar refractivity (Wildman–Crippen MR) is 73.6 cm³/mol. The number of carboxylic acid groups (broad SMARTS) is 1. The van der Waals surface area contributed by atoms with E-state index in [9.17, 15) is 9.59 Å². The van der Waals surface area contributed by atoms with Crippen LogP contribution in [0.3, 0.4) is 0 Å². The monoisotopic (exact) mass is 280 g/mol. The van der Waals surface area contributed by atoms with Crippen LogP contribution in [-0.4, -0.2) is 51.0 Å². The van der Waals surface area contributed by atoms with Crippen LogP contribution in [0.5, 0.6) is 0 Å². The molecule has 0 spiro atoms. The van der Waals surface area contributed by atoms with Gasteiger partial charge in [-0.15, -0.1) is 0 Å². The lowest BCUT2D eigenvalue weighted by Crippen LogP contribution is -2.39. The quantitative estimate of drug-likeness (QED) is 0.893. The number of carbonyl (C=O) groups is 2. The second-order valence-electron chi connectivity index (χ2n) is 4.48. The number of carbonyl (C=O) groups excluding carboxylic acids is 1. The fraction of sp³-hybridized carbons (Fsp3) is 0.462. The molecule has 19 heavy (non-hydrogen) atoms. The molecule has 0 radical (unpaired) electrons. The highest BCUT2D eigenvalue weighted by Crippen LogP contribution is 2.18. The first-order chi connectivity index (χ1) is 9.09. The van der Waals surface area contributed by atoms with Gasteiger partial charge in [0.1, 0.15) is 5.69 Å². The maximum atomic E-state index is 12.4. The summed E-state index contributed by atoms with van der Waals surface area (Å²) in [5.74, 6) is 0.753. The molecular weight excluding hydrogens is 264 g/mol. The second-order valence-corrected chi connectivity index (χ2v) is 5.71. The summed E-state index contributed by atoms with van der Waals surface area (Å²) in [6.07, 6.45) is 2.33. The first-order valence-electron chi connectivity index (χ1n) is 6.17. The van der Waals surface area contributed by atoms with E-state index < -0.39 is 5.97 Å². The molecule has 1 unspecified atom stereocenters. The fourth-order valence-corrected chi connectivity index (χ4v) is 3.08. The molecule has 1 aliphatic rings. The summed E-state index contributed by atoms with van der Waals surface area (Å²) in [5, 5.41) is 8.91. The minimum atomic E-state index is -1.12. The summed E-state index contributed by atoms with van der Waals surface area (Å²) in [5.41, 5.74) is 0.300. The van der Waals surface area contributed by atoms with Crippen molar-refractivity contribution < 1.29 is 14.7 Å². The van der Waals surface area contributed by atoms with Crippen LogP contribution in [-0.2, 0) is 0 Å². The number of amides is 1. The van der Waals surface area contributed by atoms with E-state index in [4.69, 9.17) is 5.11 Å². The Balaban J connectivity index is 2.22. The first-order valence-corrected chi connectivity index (χ1v) is 7.33. The molecule has 1 N–H and O–H groups in total. The van der Waals surface area contributed by atoms with Crippen LogP contribution in [0.25, 0.3) is 0 Å². The van der Waals surface area contributed by atoms with Gasteiger partial charge < -0.3 is 10.0 Å². The fourth-order valence-electron chi connectivity index (χ4n) is 2.04. The molecule has 0 bridgehead atoms. The van der Waals surface area contributed by atoms with Crippen LogP contribution in [0.4, 0.5) is 0 Å². The molecule has 2 rings (SSSR count). The second kappa shape index (κ2) is 6.06. The number of nitrogens with zero attached hydrogens (tertiary/aromatic N) is 2. The van der Waals surface area contributed by atoms with Crippen molar-refractivity contribution in [2.75, 3.05) is 18.1 Å². The van der Waals surface area contributed by atoms with Gasteiger partial charge in [-0.1, -0.05) is 0 Å². The Bertz CT molecular complexity index is 493. The van der Waals surface area contributed by atoms with Crippen molar-refractivity contribution in [3.63, 3.8) is 0 Å². The third kappa shape index (κ3) is 3.26. The van der Waals surface area contributed by atoms with Crippen molar-refractivity contribution in [1.82, 2.24) is 9.88 Å². The van der Waals surface area contributed by atoms with Gasteiger partial charge >= 0.3 is 5.97 Å². The van der Waals surface area contributed by atoms with E-state index in [1.54, 1.807) is 6.07 Å². The van der Waals surface area contributed by atoms with E-state index in [2.05, 4.69) is 4.98 Å². The number of rotatable bonds is 2. The smallest absolute Gasteiger partial charge is 0.354 e. The van der Waals surface area contributed by atoms with E-state index in [0.717, 1.165) is 17.9 Å². The predicted octanol–water partition coefficient (Wildman–Crippen LogP) is 1.75. The normalized spacial score (nSPS) is 19.8. The lowest BCUT2D eigenvalue weighted by Gasteiger charge is -2.26. The third-order valence-corrected chi connectivity index (χ3v) is 4.17. The summed E-state index contributed by atoms with van der Waals surface area (Å²) < 4.78 is 0. The minimum absolute atomic E-state index is 0.0947. The van der Waals surface area contributed by atoms with E-state index in [1.807, 2.05) is 23.6 Å². The van der Waals surface area contributed by atoms with Gasteiger partial charge in [0, 0.05) is 30.1 Å². The van der Waals surface area contributed by atoms with Crippen LogP contribution >= 0.6 is 11.8 Å². The number of carboxylic acids is 1. The van der Waals surface area contributed by atoms with E-state index in [1.165, 1.54) is 12.3 Å². The summed E-state index contributed by atoms with van der Waals surface area (Å²) in [4.78, 5) is 28.9. The highest BCUT2D eigenvalue weighted by molar-refractivity contribution is 7.99. The SMILES string of the molecule is CC1CCSCCN1C(=O)c1ccnc(C(=O)O)c1. The highest BCUT2D eigenvalue weighted by Gasteiger charge is 2.23. The lowest BCUT2D eigenvalue weighted by atomic mass is 10.1. The molecule has 1 aromatic rings. The van der Waals surface area contributed by atoms with Gasteiger partial charge in [-0.3, -0.25) is 4.79 Å². The Morgan fingerprint density at radius 1 is 1.47 bits per heavy atom. The standard InChI is InChI=1S/C13H16N2O3S/c1-9-3-6-19-7-5-15(9)12(16)10-2-4-14-11(8-10)13(17)18/h2,4,8-9H,3,5-7H2,1H3,(H,17,18). The third-order valence-electron chi connectivity index (χ3n) is 3.18. The number of aromatic nitrogens is 1. The van der Waals surface area contributed by atoms with Gasteiger partial charge in [0.25, 0.3) is 5.91 Å². The number of hydrogen-bond donors (Lipinski definition) is 1. The van der Waals surface area contributed by atoms with Crippen LogP contribution in [0.15, 0.2) is 18.3 Å². The molecule has 0 aromatic carbocycles. The van der Waals surface area contributed by atoms with Crippen LogP contribution < -0.4 is 0 Å². The number of thioether (sulfide) groups is 1. The average molecular weight is 280 g/mol. The van der Waals surface area contributed by atoms with Crippen molar-refractivity contribution in [3.8, 4) is 0 Å². The Morgan fingerprint density at radius 3 is 3.00 bits per heavy atom. The molecule has 1 atom stereocenters. The van der Waals surface area contributed by atoms with Crippen LogP contribution in [0.1, 0.15) is 34.2 Å². The van der Waals surface area contributed by atoms with Gasteiger partial charge in [-0.25, -0.2) is 9.78 Å². The Kier molecular flexibility index (Phi) is 4.42. The van der Waals surface area contributed by atoms with Crippen molar-refractivity contribution in [2.24, 2.45) is 0 Å². The summed E-state index contributed by atoms with van der Waals surface area (Å²) in [7, 11) is 0. The first kappa shape index (κ1) is 13.9. The summed E-state index contributed by atoms with van der Waals surface area (Å²) in [6, 6.07) is 3.10. The maximum Gasteiger partial charge on any atom is 0.354 e. The molecule has 102 valence electrons. The van der Waals surface area contributed by atoms with Gasteiger partial charge in [0.05, 0.1) is 0 Å². The molecule has 0 aliphatic carbocycles. The summed E-state index contributed by atoms with van der Waals surface area (Å²) in [6.45, 7) is 2.73. The zero-order chi connectivity index (χ0) is 13.8. The van der Waals surface area contributed by atoms with Gasteiger partial charge in [-0.05, 0) is 31.2 Å². The number of hydrogen-bond acceptors (Lipinski definition) is 4. The molecule has 6 heteroatoms. The number of pyridine rings is 1. The molecule has 5 nitrogen and oxygen atoms in total. The average Bonchev–Trinajstić information content (AvgIpc) is 2.63. The molecule has 1 aromatic heterocycles. The minimum Gasteiger partial charge on any atom is -0.477 e. The van der Waals surface area contributed by atoms with Crippen molar-refractivity contribution in [1.29, 1.82) is 0 Å². The van der Waals surface area contributed by atoms with Gasteiger partial charge in [-0.2, -0.15) is 11.8 Å². The highest BCUT2D eigenvalue weighted by atomic mass is 32.2. The molecule has 0 saturated carbocycles. The largest absolute Gasteiger partial charge is 0.477 e. The molecule has 1 saturated heterocycles. The van der Waals surface area contributed by atoms with Gasteiger partial charge in [0.15, 0.2) is 0 Å². The van der Waals surface area contributed by atoms with Gasteiger partial charge in [0.2, 0.25) is 0 Å². The summed E-state index contributed by atoms with van der Waals surface area (Å²) >= 11 is 1.84.